The Morgan fingerprint density at radius 2 is 1.88 bits per heavy atom. The molecule has 0 amide bonds. The van der Waals surface area contributed by atoms with Crippen LogP contribution in [0.15, 0.2) is 69.2 Å². The second-order valence-electron chi connectivity index (χ2n) is 8.71. The normalized spacial score (nSPS) is 22.0. The van der Waals surface area contributed by atoms with E-state index in [2.05, 4.69) is 10.6 Å². The Balaban J connectivity index is 1.74. The Morgan fingerprint density at radius 3 is 2.64 bits per heavy atom. The number of nitrogens with one attached hydrogen (secondary N) is 2. The molecule has 7 nitrogen and oxygen atoms in total. The van der Waals surface area contributed by atoms with Crippen molar-refractivity contribution in [2.24, 2.45) is 11.8 Å². The van der Waals surface area contributed by atoms with Crippen LogP contribution in [0, 0.1) is 18.8 Å². The maximum atomic E-state index is 13.7. The van der Waals surface area contributed by atoms with Gasteiger partial charge in [-0.05, 0) is 43.5 Å². The first kappa shape index (κ1) is 21.0. The lowest BCUT2D eigenvalue weighted by molar-refractivity contribution is -0.151. The molecule has 5 rings (SSSR count). The molecule has 3 atom stereocenters. The standard InChI is InChI=1S/C26H24N2O5/c1-13-8-9-20-15(10-13)24(29)16(12-33-20)23-22-19(27-17-6-4-5-7-18(17)28-23)11-14(2)21(25(22)30)26(31)32-3/h4-10,12,14,21,23,27-28H,11H2,1-3H3/t14-,21-,23-/m1/s1. The number of benzene rings is 2. The average Bonchev–Trinajstić information content (AvgIpc) is 2.96. The maximum absolute atomic E-state index is 13.7. The van der Waals surface area contributed by atoms with Gasteiger partial charge in [-0.2, -0.15) is 0 Å². The van der Waals surface area contributed by atoms with Crippen molar-refractivity contribution < 1.29 is 18.7 Å². The van der Waals surface area contributed by atoms with E-state index in [9.17, 15) is 14.4 Å². The van der Waals surface area contributed by atoms with E-state index in [4.69, 9.17) is 9.15 Å². The lowest BCUT2D eigenvalue weighted by Crippen LogP contribution is -2.40. The largest absolute Gasteiger partial charge is 0.468 e. The second kappa shape index (κ2) is 7.92. The van der Waals surface area contributed by atoms with Crippen molar-refractivity contribution in [1.82, 2.24) is 0 Å². The molecule has 2 aromatic carbocycles. The first-order valence-corrected chi connectivity index (χ1v) is 10.9. The zero-order valence-corrected chi connectivity index (χ0v) is 18.6. The van der Waals surface area contributed by atoms with Gasteiger partial charge in [0.1, 0.15) is 17.8 Å². The van der Waals surface area contributed by atoms with Crippen LogP contribution >= 0.6 is 0 Å². The van der Waals surface area contributed by atoms with E-state index in [1.165, 1.54) is 13.4 Å². The minimum atomic E-state index is -0.934. The van der Waals surface area contributed by atoms with Crippen molar-refractivity contribution in [1.29, 1.82) is 0 Å². The molecule has 0 bridgehead atoms. The third kappa shape index (κ3) is 3.40. The van der Waals surface area contributed by atoms with Crippen molar-refractivity contribution in [3.8, 4) is 0 Å². The van der Waals surface area contributed by atoms with Gasteiger partial charge in [-0.1, -0.05) is 30.7 Å². The Bertz CT molecular complexity index is 1390. The summed E-state index contributed by atoms with van der Waals surface area (Å²) in [6, 6.07) is 12.2. The molecule has 0 radical (unpaired) electrons. The third-order valence-corrected chi connectivity index (χ3v) is 6.49. The number of allylic oxidation sites excluding steroid dienone is 1. The zero-order chi connectivity index (χ0) is 23.3. The van der Waals surface area contributed by atoms with Crippen LogP contribution in [0.2, 0.25) is 0 Å². The number of methoxy groups -OCH3 is 1. The topological polar surface area (TPSA) is 97.6 Å². The lowest BCUT2D eigenvalue weighted by atomic mass is 9.75. The molecule has 2 aliphatic rings. The summed E-state index contributed by atoms with van der Waals surface area (Å²) in [5.41, 5.74) is 4.10. The SMILES string of the molecule is COC(=O)[C@H]1C(=O)C2=C(C[C@H]1C)Nc1ccccc1N[C@@H]2c1coc2ccc(C)cc2c1=O. The summed E-state index contributed by atoms with van der Waals surface area (Å²) < 4.78 is 10.7. The van der Waals surface area contributed by atoms with Crippen LogP contribution in [-0.4, -0.2) is 18.9 Å². The first-order chi connectivity index (χ1) is 15.9. The van der Waals surface area contributed by atoms with Gasteiger partial charge in [-0.15, -0.1) is 0 Å². The number of hydrogen-bond acceptors (Lipinski definition) is 7. The molecular weight excluding hydrogens is 420 g/mol. The highest BCUT2D eigenvalue weighted by atomic mass is 16.5. The van der Waals surface area contributed by atoms with Crippen LogP contribution in [0.3, 0.4) is 0 Å². The number of ether oxygens (including phenoxy) is 1. The highest BCUT2D eigenvalue weighted by molar-refractivity contribution is 6.11. The number of para-hydroxylation sites is 2. The number of Topliss-reactive ketones (excluding diaryl/α,β-unsaturated/α-hetero) is 1. The highest BCUT2D eigenvalue weighted by Crippen LogP contribution is 2.43. The van der Waals surface area contributed by atoms with Crippen LogP contribution in [-0.2, 0) is 14.3 Å². The van der Waals surface area contributed by atoms with Crippen LogP contribution in [0.4, 0.5) is 11.4 Å². The Hall–Kier alpha value is -3.87. The van der Waals surface area contributed by atoms with E-state index < -0.39 is 17.9 Å². The minimum Gasteiger partial charge on any atom is -0.468 e. The fourth-order valence-corrected chi connectivity index (χ4v) is 4.83. The number of carbonyl (C=O) groups is 2. The van der Waals surface area contributed by atoms with Gasteiger partial charge in [0, 0.05) is 11.3 Å². The van der Waals surface area contributed by atoms with Crippen molar-refractivity contribution in [2.75, 3.05) is 17.7 Å². The molecule has 0 saturated heterocycles. The number of esters is 1. The third-order valence-electron chi connectivity index (χ3n) is 6.49. The summed E-state index contributed by atoms with van der Waals surface area (Å²) >= 11 is 0. The number of hydrogen-bond donors (Lipinski definition) is 2. The molecular formula is C26H24N2O5. The van der Waals surface area contributed by atoms with Crippen molar-refractivity contribution >= 4 is 34.1 Å². The number of carbonyl (C=O) groups excluding carboxylic acids is 2. The predicted octanol–water partition coefficient (Wildman–Crippen LogP) is 4.33. The summed E-state index contributed by atoms with van der Waals surface area (Å²) in [5, 5.41) is 7.19. The molecule has 2 heterocycles. The predicted molar refractivity (Wildman–Crippen MR) is 125 cm³/mol. The molecule has 0 saturated carbocycles. The molecule has 3 aromatic rings. The summed E-state index contributed by atoms with van der Waals surface area (Å²) in [7, 11) is 1.28. The molecule has 168 valence electrons. The zero-order valence-electron chi connectivity index (χ0n) is 18.6. The summed E-state index contributed by atoms with van der Waals surface area (Å²) in [5.74, 6) is -2.11. The van der Waals surface area contributed by atoms with Crippen molar-refractivity contribution in [3.63, 3.8) is 0 Å². The van der Waals surface area contributed by atoms with Gasteiger partial charge in [0.2, 0.25) is 0 Å². The van der Waals surface area contributed by atoms with Crippen LogP contribution in [0.5, 0.6) is 0 Å². The van der Waals surface area contributed by atoms with Crippen LogP contribution in [0.1, 0.15) is 30.5 Å². The molecule has 33 heavy (non-hydrogen) atoms. The number of fused-ring (bicyclic) bond motifs is 2. The van der Waals surface area contributed by atoms with E-state index in [-0.39, 0.29) is 17.1 Å². The van der Waals surface area contributed by atoms with E-state index in [1.807, 2.05) is 44.2 Å². The Kier molecular flexibility index (Phi) is 5.04. The Labute approximate surface area is 190 Å². The number of rotatable bonds is 2. The van der Waals surface area contributed by atoms with Crippen LogP contribution in [0.25, 0.3) is 11.0 Å². The molecule has 2 N–H and O–H groups in total. The van der Waals surface area contributed by atoms with E-state index in [0.29, 0.717) is 34.2 Å². The van der Waals surface area contributed by atoms with Crippen molar-refractivity contribution in [2.45, 2.75) is 26.3 Å². The smallest absolute Gasteiger partial charge is 0.316 e. The molecule has 1 aliphatic carbocycles. The monoisotopic (exact) mass is 444 g/mol. The molecule has 0 spiro atoms. The molecule has 1 aliphatic heterocycles. The lowest BCUT2D eigenvalue weighted by Gasteiger charge is -2.32. The molecule has 1 aromatic heterocycles. The fourth-order valence-electron chi connectivity index (χ4n) is 4.83. The van der Waals surface area contributed by atoms with Gasteiger partial charge in [0.05, 0.1) is 35.5 Å². The molecule has 0 unspecified atom stereocenters. The van der Waals surface area contributed by atoms with Gasteiger partial charge in [-0.3, -0.25) is 14.4 Å². The van der Waals surface area contributed by atoms with E-state index in [0.717, 1.165) is 16.9 Å². The summed E-state index contributed by atoms with van der Waals surface area (Å²) in [6.07, 6.45) is 1.88. The van der Waals surface area contributed by atoms with Gasteiger partial charge in [0.15, 0.2) is 11.2 Å². The number of aryl methyl sites for hydroxylation is 1. The average molecular weight is 444 g/mol. The second-order valence-corrected chi connectivity index (χ2v) is 8.71. The quantitative estimate of drug-likeness (QED) is 0.448. The van der Waals surface area contributed by atoms with Gasteiger partial charge < -0.3 is 19.8 Å². The molecule has 7 heteroatoms. The highest BCUT2D eigenvalue weighted by Gasteiger charge is 2.45. The van der Waals surface area contributed by atoms with Crippen LogP contribution < -0.4 is 16.1 Å². The van der Waals surface area contributed by atoms with Crippen molar-refractivity contribution in [3.05, 3.63) is 81.3 Å². The number of anilines is 2. The van der Waals surface area contributed by atoms with Gasteiger partial charge in [0.25, 0.3) is 0 Å². The number of ketones is 1. The minimum absolute atomic E-state index is 0.218. The van der Waals surface area contributed by atoms with E-state index >= 15 is 0 Å². The maximum Gasteiger partial charge on any atom is 0.316 e. The summed E-state index contributed by atoms with van der Waals surface area (Å²) in [4.78, 5) is 39.8. The first-order valence-electron chi connectivity index (χ1n) is 10.9. The molecule has 0 fully saturated rings. The fraction of sp³-hybridized carbons (Fsp3) is 0.269. The summed E-state index contributed by atoms with van der Waals surface area (Å²) in [6.45, 7) is 3.76. The van der Waals surface area contributed by atoms with Gasteiger partial charge >= 0.3 is 5.97 Å². The Morgan fingerprint density at radius 1 is 1.12 bits per heavy atom. The van der Waals surface area contributed by atoms with Gasteiger partial charge in [-0.25, -0.2) is 0 Å². The van der Waals surface area contributed by atoms with E-state index in [1.54, 1.807) is 12.1 Å².